The molecular weight excluding hydrogens is 280 g/mol. The first-order chi connectivity index (χ1) is 10.7. The van der Waals surface area contributed by atoms with Crippen LogP contribution in [-0.2, 0) is 20.9 Å². The molecule has 0 N–H and O–H groups in total. The van der Waals surface area contributed by atoms with Crippen LogP contribution >= 0.6 is 0 Å². The van der Waals surface area contributed by atoms with E-state index >= 15 is 0 Å². The smallest absolute Gasteiger partial charge is 0.337 e. The molecule has 0 aliphatic rings. The number of rotatable bonds is 5. The fourth-order valence-corrected chi connectivity index (χ4v) is 1.79. The second-order valence-corrected chi connectivity index (χ2v) is 4.54. The molecule has 0 atom stereocenters. The van der Waals surface area contributed by atoms with Crippen LogP contribution in [0.25, 0.3) is 6.08 Å². The average Bonchev–Trinajstić information content (AvgIpc) is 2.58. The van der Waals surface area contributed by atoms with Gasteiger partial charge in [0.25, 0.3) is 0 Å². The van der Waals surface area contributed by atoms with Crippen LogP contribution in [0.3, 0.4) is 0 Å². The van der Waals surface area contributed by atoms with Gasteiger partial charge in [0.15, 0.2) is 0 Å². The number of ether oxygens (including phenoxy) is 2. The normalized spacial score (nSPS) is 10.4. The highest BCUT2D eigenvalue weighted by Gasteiger charge is 2.03. The summed E-state index contributed by atoms with van der Waals surface area (Å²) in [6.07, 6.45) is 2.99. The fraction of sp³-hybridized carbons (Fsp3) is 0.111. The third kappa shape index (κ3) is 4.59. The van der Waals surface area contributed by atoms with Gasteiger partial charge < -0.3 is 9.47 Å². The lowest BCUT2D eigenvalue weighted by molar-refractivity contribution is -0.138. The average molecular weight is 296 g/mol. The molecule has 0 bridgehead atoms. The maximum Gasteiger partial charge on any atom is 0.337 e. The predicted octanol–water partition coefficient (Wildman–Crippen LogP) is 3.23. The Morgan fingerprint density at radius 3 is 2.32 bits per heavy atom. The molecule has 0 aromatic heterocycles. The minimum Gasteiger partial charge on any atom is -0.465 e. The number of esters is 2. The summed E-state index contributed by atoms with van der Waals surface area (Å²) in [4.78, 5) is 22.9. The van der Waals surface area contributed by atoms with Crippen LogP contribution in [-0.4, -0.2) is 19.0 Å². The quantitative estimate of drug-likeness (QED) is 0.628. The minimum atomic E-state index is -0.416. The molecule has 2 rings (SSSR count). The first-order valence-electron chi connectivity index (χ1n) is 6.76. The molecule has 0 radical (unpaired) electrons. The van der Waals surface area contributed by atoms with Gasteiger partial charge in [0.05, 0.1) is 12.7 Å². The molecule has 112 valence electrons. The van der Waals surface area contributed by atoms with Crippen LogP contribution < -0.4 is 0 Å². The molecule has 0 fully saturated rings. The number of carbonyl (C=O) groups excluding carboxylic acids is 2. The summed E-state index contributed by atoms with van der Waals surface area (Å²) in [7, 11) is 1.33. The zero-order valence-corrected chi connectivity index (χ0v) is 12.2. The van der Waals surface area contributed by atoms with Gasteiger partial charge in [-0.25, -0.2) is 9.59 Å². The number of benzene rings is 2. The lowest BCUT2D eigenvalue weighted by Crippen LogP contribution is -2.01. The highest BCUT2D eigenvalue weighted by Crippen LogP contribution is 2.08. The van der Waals surface area contributed by atoms with Crippen molar-refractivity contribution in [2.24, 2.45) is 0 Å². The van der Waals surface area contributed by atoms with Gasteiger partial charge in [-0.1, -0.05) is 42.5 Å². The van der Waals surface area contributed by atoms with Crippen LogP contribution in [0.15, 0.2) is 60.7 Å². The van der Waals surface area contributed by atoms with Crippen LogP contribution in [0.5, 0.6) is 0 Å². The molecule has 0 heterocycles. The highest BCUT2D eigenvalue weighted by atomic mass is 16.5. The second kappa shape index (κ2) is 7.78. The molecule has 4 nitrogen and oxygen atoms in total. The summed E-state index contributed by atoms with van der Waals surface area (Å²) < 4.78 is 9.75. The third-order valence-corrected chi connectivity index (χ3v) is 2.97. The maximum absolute atomic E-state index is 11.6. The Bertz CT molecular complexity index is 657. The topological polar surface area (TPSA) is 52.6 Å². The first-order valence-corrected chi connectivity index (χ1v) is 6.76. The Morgan fingerprint density at radius 1 is 1.00 bits per heavy atom. The molecule has 0 saturated heterocycles. The summed E-state index contributed by atoms with van der Waals surface area (Å²) >= 11 is 0. The Labute approximate surface area is 129 Å². The number of hydrogen-bond acceptors (Lipinski definition) is 4. The standard InChI is InChI=1S/C18H16O4/c1-21-18(20)16-10-7-14(8-11-16)9-12-17(19)22-13-15-5-3-2-4-6-15/h2-12H,13H2,1H3. The number of hydrogen-bond donors (Lipinski definition) is 0. The monoisotopic (exact) mass is 296 g/mol. The SMILES string of the molecule is COC(=O)c1ccc(C=CC(=O)OCc2ccccc2)cc1. The zero-order chi connectivity index (χ0) is 15.8. The summed E-state index contributed by atoms with van der Waals surface area (Å²) in [5, 5.41) is 0. The van der Waals surface area contributed by atoms with E-state index in [9.17, 15) is 9.59 Å². The summed E-state index contributed by atoms with van der Waals surface area (Å²) in [5.41, 5.74) is 2.20. The van der Waals surface area contributed by atoms with E-state index in [0.29, 0.717) is 5.56 Å². The van der Waals surface area contributed by atoms with Gasteiger partial charge >= 0.3 is 11.9 Å². The number of carbonyl (C=O) groups is 2. The minimum absolute atomic E-state index is 0.241. The lowest BCUT2D eigenvalue weighted by Gasteiger charge is -2.02. The number of methoxy groups -OCH3 is 1. The van der Waals surface area contributed by atoms with E-state index in [2.05, 4.69) is 4.74 Å². The van der Waals surface area contributed by atoms with Crippen molar-refractivity contribution in [2.45, 2.75) is 6.61 Å². The largest absolute Gasteiger partial charge is 0.465 e. The maximum atomic E-state index is 11.6. The van der Waals surface area contributed by atoms with E-state index < -0.39 is 11.9 Å². The van der Waals surface area contributed by atoms with Gasteiger partial charge in [0.2, 0.25) is 0 Å². The fourth-order valence-electron chi connectivity index (χ4n) is 1.79. The van der Waals surface area contributed by atoms with Crippen LogP contribution in [0.4, 0.5) is 0 Å². The summed E-state index contributed by atoms with van der Waals surface area (Å²) in [6.45, 7) is 0.241. The van der Waals surface area contributed by atoms with E-state index in [1.807, 2.05) is 30.3 Å². The predicted molar refractivity (Wildman–Crippen MR) is 83.1 cm³/mol. The van der Waals surface area contributed by atoms with Crippen molar-refractivity contribution >= 4 is 18.0 Å². The molecule has 2 aromatic carbocycles. The molecule has 4 heteroatoms. The van der Waals surface area contributed by atoms with Crippen LogP contribution in [0.1, 0.15) is 21.5 Å². The van der Waals surface area contributed by atoms with Crippen molar-refractivity contribution in [3.63, 3.8) is 0 Å². The van der Waals surface area contributed by atoms with Gasteiger partial charge in [-0.05, 0) is 29.3 Å². The molecule has 0 aliphatic heterocycles. The molecule has 0 saturated carbocycles. The van der Waals surface area contributed by atoms with E-state index in [-0.39, 0.29) is 6.61 Å². The Morgan fingerprint density at radius 2 is 1.68 bits per heavy atom. The molecular formula is C18H16O4. The molecule has 22 heavy (non-hydrogen) atoms. The lowest BCUT2D eigenvalue weighted by atomic mass is 10.1. The van der Waals surface area contributed by atoms with E-state index in [1.165, 1.54) is 13.2 Å². The van der Waals surface area contributed by atoms with E-state index in [0.717, 1.165) is 11.1 Å². The Kier molecular flexibility index (Phi) is 5.49. The molecule has 2 aromatic rings. The van der Waals surface area contributed by atoms with Gasteiger partial charge in [-0.15, -0.1) is 0 Å². The Balaban J connectivity index is 1.88. The van der Waals surface area contributed by atoms with Gasteiger partial charge in [-0.3, -0.25) is 0 Å². The van der Waals surface area contributed by atoms with Crippen LogP contribution in [0, 0.1) is 0 Å². The van der Waals surface area contributed by atoms with Crippen molar-refractivity contribution in [1.29, 1.82) is 0 Å². The summed E-state index contributed by atoms with van der Waals surface area (Å²) in [6, 6.07) is 16.2. The first kappa shape index (κ1) is 15.5. The van der Waals surface area contributed by atoms with Crippen molar-refractivity contribution in [1.82, 2.24) is 0 Å². The van der Waals surface area contributed by atoms with Gasteiger partial charge in [0.1, 0.15) is 6.61 Å². The molecule has 0 unspecified atom stereocenters. The Hall–Kier alpha value is -2.88. The van der Waals surface area contributed by atoms with E-state index in [4.69, 9.17) is 4.74 Å². The van der Waals surface area contributed by atoms with E-state index in [1.54, 1.807) is 30.3 Å². The van der Waals surface area contributed by atoms with Gasteiger partial charge in [0, 0.05) is 6.08 Å². The zero-order valence-electron chi connectivity index (χ0n) is 12.2. The third-order valence-electron chi connectivity index (χ3n) is 2.97. The second-order valence-electron chi connectivity index (χ2n) is 4.54. The molecule has 0 amide bonds. The van der Waals surface area contributed by atoms with Crippen molar-refractivity contribution in [3.8, 4) is 0 Å². The molecule has 0 aliphatic carbocycles. The molecule has 0 spiro atoms. The van der Waals surface area contributed by atoms with Gasteiger partial charge in [-0.2, -0.15) is 0 Å². The van der Waals surface area contributed by atoms with Crippen molar-refractivity contribution < 1.29 is 19.1 Å². The van der Waals surface area contributed by atoms with Crippen molar-refractivity contribution in [2.75, 3.05) is 7.11 Å². The summed E-state index contributed by atoms with van der Waals surface area (Å²) in [5.74, 6) is -0.807. The highest BCUT2D eigenvalue weighted by molar-refractivity contribution is 5.90. The van der Waals surface area contributed by atoms with Crippen LogP contribution in [0.2, 0.25) is 0 Å². The van der Waals surface area contributed by atoms with Crippen molar-refractivity contribution in [3.05, 3.63) is 77.4 Å².